The molecule has 0 spiro atoms. The molecule has 0 atom stereocenters. The van der Waals surface area contributed by atoms with Gasteiger partial charge in [0.05, 0.1) is 35.2 Å². The summed E-state index contributed by atoms with van der Waals surface area (Å²) in [5.74, 6) is 0. The van der Waals surface area contributed by atoms with Gasteiger partial charge in [0.15, 0.2) is 0 Å². The summed E-state index contributed by atoms with van der Waals surface area (Å²) in [6.45, 7) is 6.20. The van der Waals surface area contributed by atoms with E-state index >= 15 is 0 Å². The van der Waals surface area contributed by atoms with Crippen molar-refractivity contribution in [2.24, 2.45) is 0 Å². The number of aromatic nitrogens is 5. The Balaban J connectivity index is 1.56. The van der Waals surface area contributed by atoms with E-state index in [1.807, 2.05) is 29.4 Å². The second-order valence-electron chi connectivity index (χ2n) is 5.34. The maximum Gasteiger partial charge on any atom is 0.0964 e. The van der Waals surface area contributed by atoms with Crippen LogP contribution in [0, 0.1) is 13.8 Å². The molecule has 1 aliphatic carbocycles. The Hall–Kier alpha value is -1.40. The molecule has 6 nitrogen and oxygen atoms in total. The maximum absolute atomic E-state index is 6.13. The predicted octanol–water partition coefficient (Wildman–Crippen LogP) is 1.70. The normalized spacial score (nSPS) is 14.9. The molecule has 108 valence electrons. The van der Waals surface area contributed by atoms with Gasteiger partial charge in [0.2, 0.25) is 0 Å². The Bertz CT molecular complexity index is 598. The number of halogens is 1. The Morgan fingerprint density at radius 1 is 1.35 bits per heavy atom. The van der Waals surface area contributed by atoms with E-state index in [1.165, 1.54) is 12.8 Å². The SMILES string of the molecule is Cc1nn(CCn2cc(CNC3CC3)nn2)c(C)c1Cl. The van der Waals surface area contributed by atoms with E-state index in [4.69, 9.17) is 11.6 Å². The molecular weight excluding hydrogens is 276 g/mol. The van der Waals surface area contributed by atoms with Gasteiger partial charge in [0.1, 0.15) is 0 Å². The molecule has 2 aromatic heterocycles. The lowest BCUT2D eigenvalue weighted by molar-refractivity contribution is 0.481. The largest absolute Gasteiger partial charge is 0.308 e. The number of hydrogen-bond donors (Lipinski definition) is 1. The third-order valence-electron chi connectivity index (χ3n) is 3.57. The molecule has 20 heavy (non-hydrogen) atoms. The van der Waals surface area contributed by atoms with Gasteiger partial charge in [-0.25, -0.2) is 0 Å². The smallest absolute Gasteiger partial charge is 0.0964 e. The zero-order chi connectivity index (χ0) is 14.1. The molecule has 0 aromatic carbocycles. The molecule has 3 rings (SSSR count). The van der Waals surface area contributed by atoms with Crippen molar-refractivity contribution in [3.63, 3.8) is 0 Å². The summed E-state index contributed by atoms with van der Waals surface area (Å²) in [5, 5.41) is 16.9. The molecule has 1 fully saturated rings. The van der Waals surface area contributed by atoms with E-state index < -0.39 is 0 Å². The average molecular weight is 295 g/mol. The van der Waals surface area contributed by atoms with E-state index in [0.717, 1.165) is 41.7 Å². The Morgan fingerprint density at radius 2 is 2.15 bits per heavy atom. The van der Waals surface area contributed by atoms with Gasteiger partial charge in [-0.1, -0.05) is 16.8 Å². The van der Waals surface area contributed by atoms with Crippen LogP contribution in [0.3, 0.4) is 0 Å². The molecule has 1 aliphatic rings. The zero-order valence-electron chi connectivity index (χ0n) is 11.8. The predicted molar refractivity (Wildman–Crippen MR) is 76.6 cm³/mol. The second kappa shape index (κ2) is 5.54. The first-order chi connectivity index (χ1) is 9.63. The van der Waals surface area contributed by atoms with Crippen molar-refractivity contribution in [3.8, 4) is 0 Å². The van der Waals surface area contributed by atoms with Crippen molar-refractivity contribution in [1.82, 2.24) is 30.1 Å². The number of hydrogen-bond acceptors (Lipinski definition) is 4. The molecule has 0 aliphatic heterocycles. The number of nitrogens with one attached hydrogen (secondary N) is 1. The van der Waals surface area contributed by atoms with Gasteiger partial charge in [-0.15, -0.1) is 5.10 Å². The van der Waals surface area contributed by atoms with E-state index in [0.29, 0.717) is 6.04 Å². The van der Waals surface area contributed by atoms with Crippen molar-refractivity contribution in [2.45, 2.75) is 52.4 Å². The van der Waals surface area contributed by atoms with Gasteiger partial charge in [-0.05, 0) is 26.7 Å². The molecule has 0 bridgehead atoms. The molecule has 0 saturated heterocycles. The van der Waals surface area contributed by atoms with Crippen LogP contribution < -0.4 is 5.32 Å². The van der Waals surface area contributed by atoms with Crippen LogP contribution in [0.1, 0.15) is 29.9 Å². The molecule has 1 saturated carbocycles. The standard InChI is InChI=1S/C13H19ClN6/c1-9-13(14)10(2)20(17-9)6-5-19-8-12(16-18-19)7-15-11-3-4-11/h8,11,15H,3-7H2,1-2H3. The van der Waals surface area contributed by atoms with Crippen LogP contribution in [0.5, 0.6) is 0 Å². The highest BCUT2D eigenvalue weighted by atomic mass is 35.5. The first-order valence-corrected chi connectivity index (χ1v) is 7.33. The highest BCUT2D eigenvalue weighted by Crippen LogP contribution is 2.19. The van der Waals surface area contributed by atoms with Gasteiger partial charge in [0, 0.05) is 18.8 Å². The maximum atomic E-state index is 6.13. The molecule has 0 amide bonds. The summed E-state index contributed by atoms with van der Waals surface area (Å²) >= 11 is 6.13. The Labute approximate surface area is 123 Å². The molecular formula is C13H19ClN6. The van der Waals surface area contributed by atoms with Crippen LogP contribution >= 0.6 is 11.6 Å². The summed E-state index contributed by atoms with van der Waals surface area (Å²) in [4.78, 5) is 0. The lowest BCUT2D eigenvalue weighted by Crippen LogP contribution is -2.15. The van der Waals surface area contributed by atoms with Gasteiger partial charge >= 0.3 is 0 Å². The summed E-state index contributed by atoms with van der Waals surface area (Å²) in [6.07, 6.45) is 4.56. The Kier molecular flexibility index (Phi) is 3.76. The molecule has 2 heterocycles. The minimum atomic E-state index is 0.692. The fraction of sp³-hybridized carbons (Fsp3) is 0.615. The highest BCUT2D eigenvalue weighted by Gasteiger charge is 2.20. The minimum Gasteiger partial charge on any atom is -0.308 e. The lowest BCUT2D eigenvalue weighted by atomic mass is 10.4. The Morgan fingerprint density at radius 3 is 2.80 bits per heavy atom. The average Bonchev–Trinajstić information content (AvgIpc) is 3.11. The van der Waals surface area contributed by atoms with E-state index in [-0.39, 0.29) is 0 Å². The van der Waals surface area contributed by atoms with Crippen LogP contribution in [-0.4, -0.2) is 30.8 Å². The lowest BCUT2D eigenvalue weighted by Gasteiger charge is -2.03. The summed E-state index contributed by atoms with van der Waals surface area (Å²) in [6, 6.07) is 0.692. The van der Waals surface area contributed by atoms with Crippen molar-refractivity contribution in [1.29, 1.82) is 0 Å². The molecule has 7 heteroatoms. The van der Waals surface area contributed by atoms with Gasteiger partial charge in [0.25, 0.3) is 0 Å². The molecule has 1 N–H and O–H groups in total. The molecule has 2 aromatic rings. The third-order valence-corrected chi connectivity index (χ3v) is 4.12. The van der Waals surface area contributed by atoms with Crippen molar-refractivity contribution in [3.05, 3.63) is 28.3 Å². The summed E-state index contributed by atoms with van der Waals surface area (Å²) in [5.41, 5.74) is 2.86. The number of aryl methyl sites for hydroxylation is 3. The fourth-order valence-corrected chi connectivity index (χ4v) is 2.29. The highest BCUT2D eigenvalue weighted by molar-refractivity contribution is 6.31. The van der Waals surface area contributed by atoms with Crippen LogP contribution in [-0.2, 0) is 19.6 Å². The fourth-order valence-electron chi connectivity index (χ4n) is 2.16. The number of nitrogens with zero attached hydrogens (tertiary/aromatic N) is 5. The molecule has 0 radical (unpaired) electrons. The van der Waals surface area contributed by atoms with Crippen molar-refractivity contribution < 1.29 is 0 Å². The van der Waals surface area contributed by atoms with E-state index in [1.54, 1.807) is 0 Å². The van der Waals surface area contributed by atoms with Gasteiger partial charge in [-0.2, -0.15) is 5.10 Å². The topological polar surface area (TPSA) is 60.6 Å². The van der Waals surface area contributed by atoms with Gasteiger partial charge < -0.3 is 5.32 Å². The van der Waals surface area contributed by atoms with Crippen LogP contribution in [0.2, 0.25) is 5.02 Å². The van der Waals surface area contributed by atoms with Gasteiger partial charge in [-0.3, -0.25) is 9.36 Å². The number of rotatable bonds is 6. The first-order valence-electron chi connectivity index (χ1n) is 6.95. The van der Waals surface area contributed by atoms with E-state index in [2.05, 4.69) is 20.7 Å². The van der Waals surface area contributed by atoms with E-state index in [9.17, 15) is 0 Å². The van der Waals surface area contributed by atoms with Crippen LogP contribution in [0.4, 0.5) is 0 Å². The third kappa shape index (κ3) is 3.02. The van der Waals surface area contributed by atoms with Crippen molar-refractivity contribution >= 4 is 11.6 Å². The molecule has 0 unspecified atom stereocenters. The monoisotopic (exact) mass is 294 g/mol. The van der Waals surface area contributed by atoms with Crippen molar-refractivity contribution in [2.75, 3.05) is 0 Å². The minimum absolute atomic E-state index is 0.692. The quantitative estimate of drug-likeness (QED) is 0.881. The van der Waals surface area contributed by atoms with Crippen LogP contribution in [0.15, 0.2) is 6.20 Å². The van der Waals surface area contributed by atoms with Crippen LogP contribution in [0.25, 0.3) is 0 Å². The second-order valence-corrected chi connectivity index (χ2v) is 5.71. The first kappa shape index (κ1) is 13.6. The summed E-state index contributed by atoms with van der Waals surface area (Å²) < 4.78 is 3.77. The summed E-state index contributed by atoms with van der Waals surface area (Å²) in [7, 11) is 0. The zero-order valence-corrected chi connectivity index (χ0v) is 12.6.